The van der Waals surface area contributed by atoms with Gasteiger partial charge in [0.2, 0.25) is 0 Å². The number of hydrogen-bond donors (Lipinski definition) is 0. The lowest BCUT2D eigenvalue weighted by atomic mass is 10.0. The van der Waals surface area contributed by atoms with Gasteiger partial charge in [0.15, 0.2) is 24.8 Å². The molecule has 0 unspecified atom stereocenters. The average Bonchev–Trinajstić information content (AvgIpc) is 2.94. The van der Waals surface area contributed by atoms with E-state index >= 15 is 0 Å². The molecule has 0 atom stereocenters. The Kier molecular flexibility index (Phi) is 27.1. The second kappa shape index (κ2) is 27.9. The van der Waals surface area contributed by atoms with Crippen molar-refractivity contribution in [2.24, 2.45) is 0 Å². The minimum atomic E-state index is 0. The molecule has 2 aromatic heterocycles. The van der Waals surface area contributed by atoms with Crippen LogP contribution in [0.3, 0.4) is 0 Å². The maximum absolute atomic E-state index is 3.82. The van der Waals surface area contributed by atoms with Crippen molar-refractivity contribution >= 4 is 0 Å². The number of unbranched alkanes of at least 4 members (excludes halogenated alkanes) is 15. The molecular formula is C36H58ClIN2. The molecule has 0 saturated heterocycles. The van der Waals surface area contributed by atoms with E-state index < -0.39 is 0 Å². The van der Waals surface area contributed by atoms with Crippen molar-refractivity contribution in [3.8, 4) is 0 Å². The number of halogens is 2. The molecule has 2 rings (SSSR count). The fourth-order valence-electron chi connectivity index (χ4n) is 5.32. The summed E-state index contributed by atoms with van der Waals surface area (Å²) in [5.74, 6) is 0. The van der Waals surface area contributed by atoms with Crippen LogP contribution in [0.1, 0.15) is 127 Å². The number of hydrogen-bond acceptors (Lipinski definition) is 0. The molecule has 40 heavy (non-hydrogen) atoms. The van der Waals surface area contributed by atoms with Crippen molar-refractivity contribution in [2.75, 3.05) is 0 Å². The van der Waals surface area contributed by atoms with Crippen LogP contribution in [-0.4, -0.2) is 0 Å². The van der Waals surface area contributed by atoms with Gasteiger partial charge in [-0.2, -0.15) is 0 Å². The van der Waals surface area contributed by atoms with Gasteiger partial charge in [0.25, 0.3) is 0 Å². The maximum atomic E-state index is 3.82. The van der Waals surface area contributed by atoms with E-state index in [9.17, 15) is 0 Å². The Morgan fingerprint density at radius 1 is 0.500 bits per heavy atom. The molecule has 226 valence electrons. The molecule has 0 bridgehead atoms. The van der Waals surface area contributed by atoms with Crippen LogP contribution in [0.2, 0.25) is 0 Å². The predicted molar refractivity (Wildman–Crippen MR) is 164 cm³/mol. The quantitative estimate of drug-likeness (QED) is 0.0658. The van der Waals surface area contributed by atoms with Gasteiger partial charge in [0, 0.05) is 36.1 Å². The molecule has 2 heterocycles. The van der Waals surface area contributed by atoms with E-state index in [-0.39, 0.29) is 36.4 Å². The number of aryl methyl sites for hydroxylation is 4. The first kappa shape index (κ1) is 38.8. The zero-order chi connectivity index (χ0) is 26.9. The SMILES string of the molecule is C=CCCCCCC[n+]1cccc(CCCCCCCCCCCC[n+]2cccc(CCCCC=C)c2)c1.[Cl-].[I-]. The lowest BCUT2D eigenvalue weighted by Gasteiger charge is -2.04. The predicted octanol–water partition coefficient (Wildman–Crippen LogP) is 3.45. The summed E-state index contributed by atoms with van der Waals surface area (Å²) in [4.78, 5) is 0. The molecule has 0 saturated carbocycles. The van der Waals surface area contributed by atoms with E-state index in [2.05, 4.69) is 71.3 Å². The third-order valence-electron chi connectivity index (χ3n) is 7.67. The lowest BCUT2D eigenvalue weighted by molar-refractivity contribution is -0.697. The van der Waals surface area contributed by atoms with Gasteiger partial charge < -0.3 is 36.4 Å². The monoisotopic (exact) mass is 680 g/mol. The van der Waals surface area contributed by atoms with E-state index in [1.807, 2.05) is 12.2 Å². The highest BCUT2D eigenvalue weighted by Crippen LogP contribution is 2.12. The van der Waals surface area contributed by atoms with Crippen LogP contribution in [0, 0.1) is 0 Å². The van der Waals surface area contributed by atoms with Gasteiger partial charge in [-0.3, -0.25) is 0 Å². The average molecular weight is 681 g/mol. The Morgan fingerprint density at radius 2 is 0.850 bits per heavy atom. The molecular weight excluding hydrogens is 623 g/mol. The zero-order valence-corrected chi connectivity index (χ0v) is 28.3. The van der Waals surface area contributed by atoms with Gasteiger partial charge in [-0.05, 0) is 76.3 Å². The molecule has 0 radical (unpaired) electrons. The molecule has 2 nitrogen and oxygen atoms in total. The van der Waals surface area contributed by atoms with Gasteiger partial charge in [0.1, 0.15) is 13.1 Å². The number of nitrogens with zero attached hydrogens (tertiary/aromatic N) is 2. The van der Waals surface area contributed by atoms with Crippen LogP contribution < -0.4 is 45.5 Å². The van der Waals surface area contributed by atoms with Gasteiger partial charge in [-0.25, -0.2) is 9.13 Å². The van der Waals surface area contributed by atoms with Gasteiger partial charge in [-0.15, -0.1) is 13.2 Å². The largest absolute Gasteiger partial charge is 1.00 e. The third kappa shape index (κ3) is 20.6. The Labute approximate surface area is 271 Å². The number of aromatic nitrogens is 2. The first-order valence-corrected chi connectivity index (χ1v) is 16.0. The van der Waals surface area contributed by atoms with E-state index in [0.717, 1.165) is 25.9 Å². The minimum Gasteiger partial charge on any atom is -1.00 e. The summed E-state index contributed by atoms with van der Waals surface area (Å²) < 4.78 is 4.79. The Morgan fingerprint density at radius 3 is 1.30 bits per heavy atom. The van der Waals surface area contributed by atoms with Crippen molar-refractivity contribution < 1.29 is 45.5 Å². The molecule has 0 spiro atoms. The highest BCUT2D eigenvalue weighted by Gasteiger charge is 2.04. The molecule has 0 aliphatic carbocycles. The van der Waals surface area contributed by atoms with Gasteiger partial charge in [-0.1, -0.05) is 63.5 Å². The molecule has 0 aromatic carbocycles. The molecule has 0 N–H and O–H groups in total. The molecule has 2 aromatic rings. The first-order chi connectivity index (χ1) is 18.8. The van der Waals surface area contributed by atoms with Crippen molar-refractivity contribution in [2.45, 2.75) is 142 Å². The number of allylic oxidation sites excluding steroid dienone is 2. The van der Waals surface area contributed by atoms with Crippen LogP contribution >= 0.6 is 0 Å². The molecule has 0 amide bonds. The second-order valence-electron chi connectivity index (χ2n) is 11.2. The van der Waals surface area contributed by atoms with Gasteiger partial charge >= 0.3 is 0 Å². The Balaban J connectivity index is 0.00000760. The highest BCUT2D eigenvalue weighted by atomic mass is 127. The summed E-state index contributed by atoms with van der Waals surface area (Å²) in [7, 11) is 0. The summed E-state index contributed by atoms with van der Waals surface area (Å²) >= 11 is 0. The normalized spacial score (nSPS) is 10.5. The second-order valence-corrected chi connectivity index (χ2v) is 11.2. The van der Waals surface area contributed by atoms with Crippen LogP contribution in [0.15, 0.2) is 74.4 Å². The molecule has 0 fully saturated rings. The van der Waals surface area contributed by atoms with Crippen molar-refractivity contribution in [3.63, 3.8) is 0 Å². The van der Waals surface area contributed by atoms with Crippen molar-refractivity contribution in [3.05, 3.63) is 85.5 Å². The molecule has 4 heteroatoms. The van der Waals surface area contributed by atoms with E-state index in [4.69, 9.17) is 0 Å². The standard InChI is InChI=1S/C36H58N2.ClH.HI/c1-3-5-7-9-17-21-29-37-32-24-28-36(34-37)26-20-16-14-12-10-11-13-15-18-22-30-38-31-23-27-35(33-38)25-19-8-6-4-2;;/h3-4,23-24,27-28,31-34H,1-2,5-22,25-26,29-30H2;2*1H/q+2;;/p-2. The maximum Gasteiger partial charge on any atom is 0.171 e. The summed E-state index contributed by atoms with van der Waals surface area (Å²) in [5, 5.41) is 0. The Bertz CT molecular complexity index is 869. The summed E-state index contributed by atoms with van der Waals surface area (Å²) in [6, 6.07) is 9.03. The van der Waals surface area contributed by atoms with Crippen LogP contribution in [0.4, 0.5) is 0 Å². The topological polar surface area (TPSA) is 7.76 Å². The zero-order valence-electron chi connectivity index (χ0n) is 25.4. The first-order valence-electron chi connectivity index (χ1n) is 16.0. The van der Waals surface area contributed by atoms with Crippen LogP contribution in [0.5, 0.6) is 0 Å². The minimum absolute atomic E-state index is 0. The number of pyridine rings is 2. The smallest absolute Gasteiger partial charge is 0.171 e. The highest BCUT2D eigenvalue weighted by molar-refractivity contribution is 5.05. The third-order valence-corrected chi connectivity index (χ3v) is 7.67. The summed E-state index contributed by atoms with van der Waals surface area (Å²) in [5.41, 5.74) is 2.98. The lowest BCUT2D eigenvalue weighted by Crippen LogP contribution is -3.00. The fraction of sp³-hybridized carbons (Fsp3) is 0.611. The van der Waals surface area contributed by atoms with E-state index in [1.165, 1.54) is 127 Å². The Hall–Kier alpha value is -1.20. The summed E-state index contributed by atoms with van der Waals surface area (Å²) in [6.07, 6.45) is 39.6. The van der Waals surface area contributed by atoms with Gasteiger partial charge in [0.05, 0.1) is 0 Å². The van der Waals surface area contributed by atoms with Crippen molar-refractivity contribution in [1.29, 1.82) is 0 Å². The molecule has 0 aliphatic heterocycles. The van der Waals surface area contributed by atoms with Crippen LogP contribution in [-0.2, 0) is 25.9 Å². The van der Waals surface area contributed by atoms with Crippen LogP contribution in [0.25, 0.3) is 0 Å². The fourth-order valence-corrected chi connectivity index (χ4v) is 5.32. The van der Waals surface area contributed by atoms with E-state index in [0.29, 0.717) is 0 Å². The molecule has 0 aliphatic rings. The van der Waals surface area contributed by atoms with Crippen molar-refractivity contribution in [1.82, 2.24) is 0 Å². The summed E-state index contributed by atoms with van der Waals surface area (Å²) in [6.45, 7) is 9.95. The number of rotatable bonds is 25. The van der Waals surface area contributed by atoms with E-state index in [1.54, 1.807) is 0 Å².